The van der Waals surface area contributed by atoms with Crippen LogP contribution in [0.15, 0.2) is 0 Å². The van der Waals surface area contributed by atoms with Crippen LogP contribution in [-0.4, -0.2) is 66.6 Å². The number of hydrogen-bond donors (Lipinski definition) is 1. The van der Waals surface area contributed by atoms with Gasteiger partial charge in [0.15, 0.2) is 0 Å². The van der Waals surface area contributed by atoms with Crippen LogP contribution in [0, 0.1) is 0 Å². The molecule has 4 heteroatoms. The average molecular weight is 214 g/mol. The quantitative estimate of drug-likeness (QED) is 0.697. The molecule has 0 spiro atoms. The number of hydrogen-bond acceptors (Lipinski definition) is 4. The summed E-state index contributed by atoms with van der Waals surface area (Å²) in [5.41, 5.74) is 0. The summed E-state index contributed by atoms with van der Waals surface area (Å²) in [6, 6.07) is 0.570. The van der Waals surface area contributed by atoms with Crippen LogP contribution in [0.2, 0.25) is 0 Å². The van der Waals surface area contributed by atoms with Gasteiger partial charge in [-0.2, -0.15) is 0 Å². The molecule has 0 amide bonds. The van der Waals surface area contributed by atoms with E-state index in [0.717, 1.165) is 32.5 Å². The van der Waals surface area contributed by atoms with E-state index in [-0.39, 0.29) is 12.4 Å². The van der Waals surface area contributed by atoms with Crippen LogP contribution in [0.4, 0.5) is 0 Å². The zero-order valence-electron chi connectivity index (χ0n) is 9.78. The lowest BCUT2D eigenvalue weighted by molar-refractivity contribution is -0.118. The minimum atomic E-state index is 0.226. The maximum atomic E-state index is 10.9. The number of likely N-dealkylation sites (N-methyl/N-ethyl adjacent to an activating group) is 1. The molecule has 0 aromatic heterocycles. The zero-order valence-corrected chi connectivity index (χ0v) is 9.78. The van der Waals surface area contributed by atoms with Gasteiger partial charge in [0.05, 0.1) is 13.2 Å². The normalized spacial score (nSPS) is 19.7. The number of Topliss-reactive ketones (excluding diaryl/α,β-unsaturated/α-hetero) is 1. The van der Waals surface area contributed by atoms with Crippen LogP contribution < -0.4 is 0 Å². The Balaban J connectivity index is 2.26. The summed E-state index contributed by atoms with van der Waals surface area (Å²) >= 11 is 0. The molecule has 15 heavy (non-hydrogen) atoms. The molecule has 0 unspecified atom stereocenters. The van der Waals surface area contributed by atoms with Crippen molar-refractivity contribution in [3.63, 3.8) is 0 Å². The molecule has 88 valence electrons. The maximum absolute atomic E-state index is 10.9. The Morgan fingerprint density at radius 3 is 2.53 bits per heavy atom. The Hall–Kier alpha value is -0.450. The van der Waals surface area contributed by atoms with Gasteiger partial charge in [0.25, 0.3) is 0 Å². The summed E-state index contributed by atoms with van der Waals surface area (Å²) in [4.78, 5) is 15.4. The van der Waals surface area contributed by atoms with E-state index in [4.69, 9.17) is 5.11 Å². The Kier molecular flexibility index (Phi) is 5.22. The molecular weight excluding hydrogens is 192 g/mol. The Morgan fingerprint density at radius 1 is 1.47 bits per heavy atom. The number of aliphatic hydroxyl groups is 1. The lowest BCUT2D eigenvalue weighted by Crippen LogP contribution is -2.45. The second-order valence-corrected chi connectivity index (χ2v) is 4.41. The monoisotopic (exact) mass is 214 g/mol. The summed E-state index contributed by atoms with van der Waals surface area (Å²) in [6.45, 7) is 5.21. The molecule has 1 rings (SSSR count). The molecule has 0 aromatic carbocycles. The van der Waals surface area contributed by atoms with Gasteiger partial charge >= 0.3 is 0 Å². The highest BCUT2D eigenvalue weighted by Crippen LogP contribution is 2.14. The lowest BCUT2D eigenvalue weighted by Gasteiger charge is -2.36. The molecule has 1 aliphatic heterocycles. The van der Waals surface area contributed by atoms with E-state index in [1.165, 1.54) is 0 Å². The molecule has 1 N–H and O–H groups in total. The van der Waals surface area contributed by atoms with E-state index in [1.54, 1.807) is 6.92 Å². The van der Waals surface area contributed by atoms with E-state index < -0.39 is 0 Å². The van der Waals surface area contributed by atoms with E-state index in [9.17, 15) is 4.79 Å². The van der Waals surface area contributed by atoms with Crippen molar-refractivity contribution >= 4 is 5.78 Å². The van der Waals surface area contributed by atoms with Crippen molar-refractivity contribution in [1.82, 2.24) is 9.80 Å². The molecule has 0 radical (unpaired) electrons. The number of nitrogens with zero attached hydrogens (tertiary/aromatic N) is 2. The molecule has 1 heterocycles. The van der Waals surface area contributed by atoms with Gasteiger partial charge in [-0.05, 0) is 26.8 Å². The molecule has 0 atom stereocenters. The molecule has 0 aliphatic carbocycles. The third-order valence-electron chi connectivity index (χ3n) is 3.08. The number of piperidine rings is 1. The minimum absolute atomic E-state index is 0.226. The van der Waals surface area contributed by atoms with Gasteiger partial charge in [0.2, 0.25) is 0 Å². The van der Waals surface area contributed by atoms with E-state index in [0.29, 0.717) is 12.6 Å². The number of ketones is 1. The topological polar surface area (TPSA) is 43.8 Å². The summed E-state index contributed by atoms with van der Waals surface area (Å²) in [5.74, 6) is 0.247. The van der Waals surface area contributed by atoms with Crippen molar-refractivity contribution in [2.45, 2.75) is 25.8 Å². The van der Waals surface area contributed by atoms with E-state index in [2.05, 4.69) is 16.8 Å². The second kappa shape index (κ2) is 6.20. The van der Waals surface area contributed by atoms with E-state index >= 15 is 0 Å². The van der Waals surface area contributed by atoms with Crippen molar-refractivity contribution in [1.29, 1.82) is 0 Å². The number of carbonyl (C=O) groups is 1. The van der Waals surface area contributed by atoms with Crippen molar-refractivity contribution in [3.05, 3.63) is 0 Å². The number of rotatable bonds is 5. The summed E-state index contributed by atoms with van der Waals surface area (Å²) in [7, 11) is 2.06. The highest BCUT2D eigenvalue weighted by atomic mass is 16.3. The molecule has 1 aliphatic rings. The molecular formula is C11H22N2O2. The first-order valence-corrected chi connectivity index (χ1v) is 5.66. The predicted molar refractivity (Wildman–Crippen MR) is 59.9 cm³/mol. The van der Waals surface area contributed by atoms with Crippen LogP contribution in [0.25, 0.3) is 0 Å². The largest absolute Gasteiger partial charge is 0.395 e. The van der Waals surface area contributed by atoms with E-state index in [1.807, 2.05) is 0 Å². The second-order valence-electron chi connectivity index (χ2n) is 4.41. The first-order chi connectivity index (χ1) is 7.13. The van der Waals surface area contributed by atoms with Crippen LogP contribution >= 0.6 is 0 Å². The van der Waals surface area contributed by atoms with Gasteiger partial charge in [-0.15, -0.1) is 0 Å². The maximum Gasteiger partial charge on any atom is 0.143 e. The van der Waals surface area contributed by atoms with Gasteiger partial charge in [-0.1, -0.05) is 0 Å². The fourth-order valence-electron chi connectivity index (χ4n) is 2.17. The molecule has 1 saturated heterocycles. The molecule has 0 bridgehead atoms. The van der Waals surface area contributed by atoms with Gasteiger partial charge in [0.1, 0.15) is 5.78 Å². The number of likely N-dealkylation sites (tertiary alicyclic amines) is 1. The predicted octanol–water partition coefficient (Wildman–Crippen LogP) is -0.0361. The molecule has 4 nitrogen and oxygen atoms in total. The number of aliphatic hydroxyl groups excluding tert-OH is 1. The standard InChI is InChI=1S/C11H22N2O2/c1-10(15)9-13-5-3-11(4-6-13)12(2)7-8-14/h11,14H,3-9H2,1-2H3. The Bertz CT molecular complexity index is 201. The van der Waals surface area contributed by atoms with Crippen LogP contribution in [-0.2, 0) is 4.79 Å². The highest BCUT2D eigenvalue weighted by Gasteiger charge is 2.22. The average Bonchev–Trinajstić information content (AvgIpc) is 2.18. The van der Waals surface area contributed by atoms with Gasteiger partial charge in [-0.25, -0.2) is 0 Å². The van der Waals surface area contributed by atoms with Gasteiger partial charge < -0.3 is 10.0 Å². The molecule has 1 fully saturated rings. The fourth-order valence-corrected chi connectivity index (χ4v) is 2.17. The van der Waals surface area contributed by atoms with Crippen LogP contribution in [0.1, 0.15) is 19.8 Å². The van der Waals surface area contributed by atoms with Gasteiger partial charge in [-0.3, -0.25) is 9.69 Å². The molecule has 0 saturated carbocycles. The third-order valence-corrected chi connectivity index (χ3v) is 3.08. The Labute approximate surface area is 91.9 Å². The zero-order chi connectivity index (χ0) is 11.3. The van der Waals surface area contributed by atoms with Crippen molar-refractivity contribution in [2.75, 3.05) is 39.8 Å². The smallest absolute Gasteiger partial charge is 0.143 e. The van der Waals surface area contributed by atoms with Crippen molar-refractivity contribution in [2.24, 2.45) is 0 Å². The Morgan fingerprint density at radius 2 is 2.07 bits per heavy atom. The summed E-state index contributed by atoms with van der Waals surface area (Å²) < 4.78 is 0. The SMILES string of the molecule is CC(=O)CN1CCC(N(C)CCO)CC1. The fraction of sp³-hybridized carbons (Fsp3) is 0.909. The summed E-state index contributed by atoms with van der Waals surface area (Å²) in [6.07, 6.45) is 2.20. The number of carbonyl (C=O) groups excluding carboxylic acids is 1. The highest BCUT2D eigenvalue weighted by molar-refractivity contribution is 5.77. The lowest BCUT2D eigenvalue weighted by atomic mass is 10.0. The third kappa shape index (κ3) is 4.28. The van der Waals surface area contributed by atoms with Crippen LogP contribution in [0.3, 0.4) is 0 Å². The first-order valence-electron chi connectivity index (χ1n) is 5.66. The first kappa shape index (κ1) is 12.6. The van der Waals surface area contributed by atoms with Crippen molar-refractivity contribution in [3.8, 4) is 0 Å². The summed E-state index contributed by atoms with van der Waals surface area (Å²) in [5, 5.41) is 8.84. The van der Waals surface area contributed by atoms with Crippen molar-refractivity contribution < 1.29 is 9.90 Å². The molecule has 0 aromatic rings. The minimum Gasteiger partial charge on any atom is -0.395 e. The van der Waals surface area contributed by atoms with Crippen LogP contribution in [0.5, 0.6) is 0 Å². The van der Waals surface area contributed by atoms with Gasteiger partial charge in [0, 0.05) is 25.7 Å².